The minimum absolute atomic E-state index is 0.0221. The summed E-state index contributed by atoms with van der Waals surface area (Å²) in [6, 6.07) is 4.82. The number of carboxylic acids is 1. The van der Waals surface area contributed by atoms with Crippen molar-refractivity contribution in [3.63, 3.8) is 0 Å². The van der Waals surface area contributed by atoms with Crippen molar-refractivity contribution in [3.05, 3.63) is 42.5 Å². The molecule has 80 valence electrons. The molecular formula is C10H7N3O2S. The highest BCUT2D eigenvalue weighted by Crippen LogP contribution is 2.22. The average molecular weight is 233 g/mol. The summed E-state index contributed by atoms with van der Waals surface area (Å²) >= 11 is 1.27. The van der Waals surface area contributed by atoms with E-state index in [9.17, 15) is 4.79 Å². The molecule has 2 aromatic heterocycles. The number of carboxylic acid groups (broad SMARTS) is 1. The number of hydrogen-bond acceptors (Lipinski definition) is 5. The number of aromatic carboxylic acids is 1. The molecule has 0 aliphatic heterocycles. The van der Waals surface area contributed by atoms with Crippen molar-refractivity contribution in [2.24, 2.45) is 0 Å². The minimum Gasteiger partial charge on any atom is -0.477 e. The van der Waals surface area contributed by atoms with Gasteiger partial charge in [-0.3, -0.25) is 4.98 Å². The quantitative estimate of drug-likeness (QED) is 0.869. The van der Waals surface area contributed by atoms with Gasteiger partial charge in [0.2, 0.25) is 0 Å². The first-order valence-electron chi connectivity index (χ1n) is 4.40. The largest absolute Gasteiger partial charge is 0.477 e. The van der Waals surface area contributed by atoms with E-state index in [1.54, 1.807) is 30.7 Å². The Morgan fingerprint density at radius 3 is 2.81 bits per heavy atom. The SMILES string of the molecule is O=C(O)c1cccc(Sc2cnccn2)n1. The summed E-state index contributed by atoms with van der Waals surface area (Å²) in [5, 5.41) is 10.0. The summed E-state index contributed by atoms with van der Waals surface area (Å²) in [5.74, 6) is -1.04. The maximum atomic E-state index is 10.7. The van der Waals surface area contributed by atoms with Crippen molar-refractivity contribution in [2.45, 2.75) is 10.1 Å². The lowest BCUT2D eigenvalue weighted by Crippen LogP contribution is -2.00. The van der Waals surface area contributed by atoms with Crippen molar-refractivity contribution in [3.8, 4) is 0 Å². The van der Waals surface area contributed by atoms with Gasteiger partial charge in [0.25, 0.3) is 0 Å². The highest BCUT2D eigenvalue weighted by Gasteiger charge is 2.06. The maximum absolute atomic E-state index is 10.7. The molecule has 0 aliphatic carbocycles. The van der Waals surface area contributed by atoms with Crippen molar-refractivity contribution < 1.29 is 9.90 Å². The van der Waals surface area contributed by atoms with Crippen molar-refractivity contribution in [1.29, 1.82) is 0 Å². The molecule has 0 amide bonds. The summed E-state index contributed by atoms with van der Waals surface area (Å²) < 4.78 is 0. The summed E-state index contributed by atoms with van der Waals surface area (Å²) in [6.45, 7) is 0. The van der Waals surface area contributed by atoms with E-state index in [4.69, 9.17) is 5.11 Å². The summed E-state index contributed by atoms with van der Waals surface area (Å²) in [4.78, 5) is 22.6. The van der Waals surface area contributed by atoms with Crippen LogP contribution in [0.3, 0.4) is 0 Å². The van der Waals surface area contributed by atoms with Gasteiger partial charge in [0.05, 0.1) is 6.20 Å². The molecule has 0 saturated carbocycles. The van der Waals surface area contributed by atoms with Crippen LogP contribution in [0.25, 0.3) is 0 Å². The third-order valence-corrected chi connectivity index (χ3v) is 2.55. The van der Waals surface area contributed by atoms with Gasteiger partial charge in [0, 0.05) is 12.4 Å². The van der Waals surface area contributed by atoms with Crippen LogP contribution in [0.5, 0.6) is 0 Å². The Hall–Kier alpha value is -1.95. The monoisotopic (exact) mass is 233 g/mol. The van der Waals surface area contributed by atoms with E-state index in [-0.39, 0.29) is 5.69 Å². The van der Waals surface area contributed by atoms with Gasteiger partial charge < -0.3 is 5.11 Å². The Morgan fingerprint density at radius 1 is 1.25 bits per heavy atom. The first-order chi connectivity index (χ1) is 7.75. The minimum atomic E-state index is -1.04. The number of hydrogen-bond donors (Lipinski definition) is 1. The molecule has 0 aromatic carbocycles. The smallest absolute Gasteiger partial charge is 0.354 e. The van der Waals surface area contributed by atoms with Crippen LogP contribution in [0.1, 0.15) is 10.5 Å². The number of rotatable bonds is 3. The molecule has 5 nitrogen and oxygen atoms in total. The molecule has 6 heteroatoms. The van der Waals surface area contributed by atoms with Gasteiger partial charge in [-0.15, -0.1) is 0 Å². The second kappa shape index (κ2) is 4.71. The topological polar surface area (TPSA) is 76.0 Å². The van der Waals surface area contributed by atoms with Gasteiger partial charge >= 0.3 is 5.97 Å². The first kappa shape index (κ1) is 10.6. The Morgan fingerprint density at radius 2 is 2.12 bits per heavy atom. The highest BCUT2D eigenvalue weighted by molar-refractivity contribution is 7.99. The molecule has 2 heterocycles. The van der Waals surface area contributed by atoms with Crippen LogP contribution in [0.2, 0.25) is 0 Å². The molecule has 1 N–H and O–H groups in total. The lowest BCUT2D eigenvalue weighted by Gasteiger charge is -2.00. The molecular weight excluding hydrogens is 226 g/mol. The van der Waals surface area contributed by atoms with Gasteiger partial charge in [0.1, 0.15) is 15.7 Å². The lowest BCUT2D eigenvalue weighted by molar-refractivity contribution is 0.0689. The Balaban J connectivity index is 2.22. The fraction of sp³-hybridized carbons (Fsp3) is 0. The predicted molar refractivity (Wildman–Crippen MR) is 57.4 cm³/mol. The molecule has 0 unspecified atom stereocenters. The molecule has 16 heavy (non-hydrogen) atoms. The van der Waals surface area contributed by atoms with E-state index in [1.165, 1.54) is 17.8 Å². The molecule has 2 aromatic rings. The molecule has 0 spiro atoms. The van der Waals surface area contributed by atoms with Gasteiger partial charge in [-0.1, -0.05) is 6.07 Å². The summed E-state index contributed by atoms with van der Waals surface area (Å²) in [5.41, 5.74) is 0.0221. The van der Waals surface area contributed by atoms with E-state index < -0.39 is 5.97 Å². The number of carbonyl (C=O) groups is 1. The molecule has 0 radical (unpaired) electrons. The fourth-order valence-corrected chi connectivity index (χ4v) is 1.77. The third kappa shape index (κ3) is 2.54. The van der Waals surface area contributed by atoms with Gasteiger partial charge in [-0.05, 0) is 23.9 Å². The molecule has 0 aliphatic rings. The first-order valence-corrected chi connectivity index (χ1v) is 5.21. The molecule has 0 bridgehead atoms. The fourth-order valence-electron chi connectivity index (χ4n) is 1.04. The van der Waals surface area contributed by atoms with Crippen LogP contribution in [-0.4, -0.2) is 26.0 Å². The molecule has 0 saturated heterocycles. The maximum Gasteiger partial charge on any atom is 0.354 e. The van der Waals surface area contributed by atoms with Crippen LogP contribution in [0.15, 0.2) is 46.8 Å². The zero-order chi connectivity index (χ0) is 11.4. The standard InChI is InChI=1S/C10H7N3O2S/c14-10(15)7-2-1-3-8(13-7)16-9-6-11-4-5-12-9/h1-6H,(H,14,15). The summed E-state index contributed by atoms with van der Waals surface area (Å²) in [7, 11) is 0. The Kier molecular flexibility index (Phi) is 3.11. The van der Waals surface area contributed by atoms with Gasteiger partial charge in [0.15, 0.2) is 0 Å². The zero-order valence-electron chi connectivity index (χ0n) is 8.07. The van der Waals surface area contributed by atoms with E-state index in [0.717, 1.165) is 0 Å². The van der Waals surface area contributed by atoms with Gasteiger partial charge in [-0.25, -0.2) is 14.8 Å². The molecule has 0 fully saturated rings. The molecule has 0 atom stereocenters. The number of aromatic nitrogens is 3. The zero-order valence-corrected chi connectivity index (χ0v) is 8.89. The highest BCUT2D eigenvalue weighted by atomic mass is 32.2. The van der Waals surface area contributed by atoms with Crippen LogP contribution in [0, 0.1) is 0 Å². The Labute approximate surface area is 95.6 Å². The van der Waals surface area contributed by atoms with E-state index >= 15 is 0 Å². The van der Waals surface area contributed by atoms with E-state index in [2.05, 4.69) is 15.0 Å². The van der Waals surface area contributed by atoms with Crippen LogP contribution >= 0.6 is 11.8 Å². The normalized spacial score (nSPS) is 10.0. The number of pyridine rings is 1. The second-order valence-electron chi connectivity index (χ2n) is 2.81. The lowest BCUT2D eigenvalue weighted by atomic mass is 10.4. The van der Waals surface area contributed by atoms with Gasteiger partial charge in [-0.2, -0.15) is 0 Å². The second-order valence-corrected chi connectivity index (χ2v) is 3.85. The van der Waals surface area contributed by atoms with Crippen molar-refractivity contribution in [2.75, 3.05) is 0 Å². The van der Waals surface area contributed by atoms with Crippen LogP contribution in [-0.2, 0) is 0 Å². The van der Waals surface area contributed by atoms with Crippen molar-refractivity contribution >= 4 is 17.7 Å². The van der Waals surface area contributed by atoms with E-state index in [0.29, 0.717) is 10.1 Å². The van der Waals surface area contributed by atoms with Crippen molar-refractivity contribution in [1.82, 2.24) is 15.0 Å². The number of nitrogens with zero attached hydrogens (tertiary/aromatic N) is 3. The molecule has 2 rings (SSSR count). The van der Waals surface area contributed by atoms with Crippen LogP contribution in [0.4, 0.5) is 0 Å². The Bertz CT molecular complexity index is 504. The average Bonchev–Trinajstić information content (AvgIpc) is 2.30. The third-order valence-electron chi connectivity index (χ3n) is 1.69. The predicted octanol–water partition coefficient (Wildman–Crippen LogP) is 1.72. The van der Waals surface area contributed by atoms with E-state index in [1.807, 2.05) is 0 Å². The van der Waals surface area contributed by atoms with Crippen LogP contribution < -0.4 is 0 Å². The summed E-state index contributed by atoms with van der Waals surface area (Å²) in [6.07, 6.45) is 4.74.